The van der Waals surface area contributed by atoms with Crippen LogP contribution in [0.4, 0.5) is 5.69 Å². The summed E-state index contributed by atoms with van der Waals surface area (Å²) in [7, 11) is 0. The van der Waals surface area contributed by atoms with Gasteiger partial charge in [-0.3, -0.25) is 4.90 Å². The second-order valence-electron chi connectivity index (χ2n) is 8.17. The van der Waals surface area contributed by atoms with Crippen molar-refractivity contribution in [2.24, 2.45) is 0 Å². The molecule has 2 fully saturated rings. The molecule has 7 nitrogen and oxygen atoms in total. The van der Waals surface area contributed by atoms with Gasteiger partial charge < -0.3 is 9.64 Å². The number of tetrazole rings is 1. The standard InChI is InChI=1S/C23H27ClN6O/c24-19-10-8-18(9-11-19)22(23-25-26-27-30(23)17-21-7-4-16-31-21)29-14-12-28(13-15-29)20-5-2-1-3-6-20/h1-3,5-6,8-11,21-22H,4,7,12-17H2/t21-,22+/m1/s1. The van der Waals surface area contributed by atoms with E-state index in [1.165, 1.54) is 5.69 Å². The van der Waals surface area contributed by atoms with Crippen LogP contribution >= 0.6 is 11.6 Å². The van der Waals surface area contributed by atoms with Gasteiger partial charge in [-0.15, -0.1) is 5.10 Å². The van der Waals surface area contributed by atoms with E-state index in [4.69, 9.17) is 16.3 Å². The van der Waals surface area contributed by atoms with Gasteiger partial charge >= 0.3 is 0 Å². The maximum absolute atomic E-state index is 6.18. The summed E-state index contributed by atoms with van der Waals surface area (Å²) >= 11 is 6.18. The van der Waals surface area contributed by atoms with E-state index in [2.05, 4.69) is 67.8 Å². The zero-order chi connectivity index (χ0) is 21.0. The van der Waals surface area contributed by atoms with E-state index < -0.39 is 0 Å². The van der Waals surface area contributed by atoms with E-state index in [0.29, 0.717) is 6.54 Å². The molecule has 162 valence electrons. The van der Waals surface area contributed by atoms with Gasteiger partial charge in [0.2, 0.25) is 0 Å². The number of halogens is 1. The monoisotopic (exact) mass is 438 g/mol. The van der Waals surface area contributed by atoms with Gasteiger partial charge in [-0.25, -0.2) is 4.68 Å². The Kier molecular flexibility index (Phi) is 6.15. The molecular formula is C23H27ClN6O. The number of hydrogen-bond acceptors (Lipinski definition) is 6. The average molecular weight is 439 g/mol. The van der Waals surface area contributed by atoms with Crippen LogP contribution in [0.5, 0.6) is 0 Å². The lowest BCUT2D eigenvalue weighted by atomic mass is 10.0. The zero-order valence-electron chi connectivity index (χ0n) is 17.5. The van der Waals surface area contributed by atoms with E-state index in [1.54, 1.807) is 0 Å². The van der Waals surface area contributed by atoms with Crippen molar-refractivity contribution in [3.63, 3.8) is 0 Å². The molecular weight excluding hydrogens is 412 g/mol. The van der Waals surface area contributed by atoms with Crippen molar-refractivity contribution in [1.82, 2.24) is 25.1 Å². The van der Waals surface area contributed by atoms with Gasteiger partial charge in [-0.1, -0.05) is 41.9 Å². The fourth-order valence-electron chi connectivity index (χ4n) is 4.56. The fraction of sp³-hybridized carbons (Fsp3) is 0.435. The van der Waals surface area contributed by atoms with Crippen molar-refractivity contribution >= 4 is 17.3 Å². The van der Waals surface area contributed by atoms with Gasteiger partial charge in [0.15, 0.2) is 5.82 Å². The molecule has 0 radical (unpaired) electrons. The fourth-order valence-corrected chi connectivity index (χ4v) is 4.69. The highest BCUT2D eigenvalue weighted by Crippen LogP contribution is 2.30. The molecule has 0 bridgehead atoms. The first kappa shape index (κ1) is 20.4. The van der Waals surface area contributed by atoms with E-state index in [1.807, 2.05) is 16.8 Å². The first-order valence-corrected chi connectivity index (χ1v) is 11.3. The molecule has 8 heteroatoms. The van der Waals surface area contributed by atoms with Crippen LogP contribution in [0, 0.1) is 0 Å². The lowest BCUT2D eigenvalue weighted by Crippen LogP contribution is -2.48. The SMILES string of the molecule is Clc1ccc([C@@H](c2nnnn2C[C@H]2CCCO2)N2CCN(c3ccccc3)CC2)cc1. The van der Waals surface area contributed by atoms with Crippen molar-refractivity contribution in [3.05, 3.63) is 71.0 Å². The molecule has 3 heterocycles. The Labute approximate surface area is 187 Å². The largest absolute Gasteiger partial charge is 0.376 e. The Balaban J connectivity index is 1.40. The molecule has 0 saturated carbocycles. The summed E-state index contributed by atoms with van der Waals surface area (Å²) in [6, 6.07) is 18.6. The van der Waals surface area contributed by atoms with Crippen molar-refractivity contribution < 1.29 is 4.74 Å². The predicted molar refractivity (Wildman–Crippen MR) is 120 cm³/mol. The molecule has 0 unspecified atom stereocenters. The quantitative estimate of drug-likeness (QED) is 0.587. The molecule has 0 aliphatic carbocycles. The molecule has 1 aromatic heterocycles. The minimum Gasteiger partial charge on any atom is -0.376 e. The number of hydrogen-bond donors (Lipinski definition) is 0. The van der Waals surface area contributed by atoms with Crippen LogP contribution in [-0.2, 0) is 11.3 Å². The number of nitrogens with zero attached hydrogens (tertiary/aromatic N) is 6. The van der Waals surface area contributed by atoms with Crippen molar-refractivity contribution in [3.8, 4) is 0 Å². The smallest absolute Gasteiger partial charge is 0.173 e. The van der Waals surface area contributed by atoms with E-state index in [9.17, 15) is 0 Å². The molecule has 31 heavy (non-hydrogen) atoms. The van der Waals surface area contributed by atoms with Crippen molar-refractivity contribution in [2.45, 2.75) is 31.5 Å². The van der Waals surface area contributed by atoms with Crippen LogP contribution in [0.2, 0.25) is 5.02 Å². The van der Waals surface area contributed by atoms with Gasteiger partial charge in [-0.2, -0.15) is 0 Å². The Morgan fingerprint density at radius 2 is 1.77 bits per heavy atom. The average Bonchev–Trinajstić information content (AvgIpc) is 3.49. The summed E-state index contributed by atoms with van der Waals surface area (Å²) in [5.41, 5.74) is 2.43. The van der Waals surface area contributed by atoms with Crippen LogP contribution in [-0.4, -0.2) is 64.0 Å². The van der Waals surface area contributed by atoms with Crippen LogP contribution in [0.1, 0.15) is 30.3 Å². The summed E-state index contributed by atoms with van der Waals surface area (Å²) < 4.78 is 7.77. The number of piperazine rings is 1. The summed E-state index contributed by atoms with van der Waals surface area (Å²) in [5.74, 6) is 0.867. The van der Waals surface area contributed by atoms with Gasteiger partial charge in [0.25, 0.3) is 0 Å². The third-order valence-corrected chi connectivity index (χ3v) is 6.44. The minimum atomic E-state index is -0.0217. The van der Waals surface area contributed by atoms with Crippen LogP contribution in [0.25, 0.3) is 0 Å². The third-order valence-electron chi connectivity index (χ3n) is 6.19. The van der Waals surface area contributed by atoms with Crippen LogP contribution < -0.4 is 4.90 Å². The van der Waals surface area contributed by atoms with E-state index in [-0.39, 0.29) is 12.1 Å². The van der Waals surface area contributed by atoms with Gasteiger partial charge in [0.05, 0.1) is 18.7 Å². The molecule has 2 saturated heterocycles. The highest BCUT2D eigenvalue weighted by atomic mass is 35.5. The number of rotatable bonds is 6. The normalized spacial score (nSPS) is 20.8. The lowest BCUT2D eigenvalue weighted by molar-refractivity contribution is 0.0906. The predicted octanol–water partition coefficient (Wildman–Crippen LogP) is 3.42. The van der Waals surface area contributed by atoms with Crippen molar-refractivity contribution in [1.29, 1.82) is 0 Å². The maximum Gasteiger partial charge on any atom is 0.173 e. The summed E-state index contributed by atoms with van der Waals surface area (Å²) in [6.07, 6.45) is 2.34. The molecule has 2 aromatic carbocycles. The van der Waals surface area contributed by atoms with E-state index in [0.717, 1.165) is 62.0 Å². The number of benzene rings is 2. The third kappa shape index (κ3) is 4.59. The molecule has 5 rings (SSSR count). The molecule has 0 N–H and O–H groups in total. The molecule has 2 atom stereocenters. The maximum atomic E-state index is 6.18. The van der Waals surface area contributed by atoms with E-state index >= 15 is 0 Å². The van der Waals surface area contributed by atoms with Crippen molar-refractivity contribution in [2.75, 3.05) is 37.7 Å². The number of para-hydroxylation sites is 1. The first-order chi connectivity index (χ1) is 15.3. The Morgan fingerprint density at radius 1 is 1.00 bits per heavy atom. The Hall–Kier alpha value is -2.48. The number of aromatic nitrogens is 4. The number of ether oxygens (including phenoxy) is 1. The first-order valence-electron chi connectivity index (χ1n) is 10.9. The summed E-state index contributed by atoms with van der Waals surface area (Å²) in [4.78, 5) is 4.91. The molecule has 2 aliphatic heterocycles. The lowest BCUT2D eigenvalue weighted by Gasteiger charge is -2.40. The zero-order valence-corrected chi connectivity index (χ0v) is 18.2. The molecule has 0 amide bonds. The van der Waals surface area contributed by atoms with Gasteiger partial charge in [0, 0.05) is 43.5 Å². The Morgan fingerprint density at radius 3 is 2.48 bits per heavy atom. The summed E-state index contributed by atoms with van der Waals surface area (Å²) in [6.45, 7) is 5.29. The van der Waals surface area contributed by atoms with Gasteiger partial charge in [-0.05, 0) is 53.1 Å². The second kappa shape index (κ2) is 9.34. The molecule has 2 aliphatic rings. The minimum absolute atomic E-state index is 0.0217. The number of anilines is 1. The highest BCUT2D eigenvalue weighted by molar-refractivity contribution is 6.30. The molecule has 3 aromatic rings. The van der Waals surface area contributed by atoms with Crippen LogP contribution in [0.15, 0.2) is 54.6 Å². The Bertz CT molecular complexity index is 965. The topological polar surface area (TPSA) is 59.3 Å². The molecule has 0 spiro atoms. The van der Waals surface area contributed by atoms with Crippen LogP contribution in [0.3, 0.4) is 0 Å². The highest BCUT2D eigenvalue weighted by Gasteiger charge is 2.31. The second-order valence-corrected chi connectivity index (χ2v) is 8.60. The van der Waals surface area contributed by atoms with Gasteiger partial charge in [0.1, 0.15) is 0 Å². The summed E-state index contributed by atoms with van der Waals surface area (Å²) in [5, 5.41) is 13.5.